The highest BCUT2D eigenvalue weighted by molar-refractivity contribution is 6.31. The molecule has 0 heterocycles. The lowest BCUT2D eigenvalue weighted by molar-refractivity contribution is -0.114. The normalized spacial score (nSPS) is 12.8. The molecule has 0 bridgehead atoms. The van der Waals surface area contributed by atoms with Gasteiger partial charge < -0.3 is 16.0 Å². The molecule has 132 valence electrons. The van der Waals surface area contributed by atoms with Gasteiger partial charge in [0.05, 0.1) is 17.1 Å². The lowest BCUT2D eigenvalue weighted by atomic mass is 10.2. The van der Waals surface area contributed by atoms with E-state index in [1.165, 1.54) is 0 Å². The fourth-order valence-corrected chi connectivity index (χ4v) is 2.50. The molecule has 0 saturated heterocycles. The Hall–Kier alpha value is -3.04. The van der Waals surface area contributed by atoms with Crippen molar-refractivity contribution in [2.45, 2.75) is 18.9 Å². The van der Waals surface area contributed by atoms with Crippen LogP contribution in [0.25, 0.3) is 0 Å². The van der Waals surface area contributed by atoms with E-state index in [4.69, 9.17) is 16.9 Å². The predicted octanol–water partition coefficient (Wildman–Crippen LogP) is 3.15. The van der Waals surface area contributed by atoms with Gasteiger partial charge in [0.2, 0.25) is 5.91 Å². The molecule has 1 aliphatic rings. The zero-order chi connectivity index (χ0) is 18.5. The number of nitriles is 1. The number of nitrogens with one attached hydrogen (secondary N) is 3. The third kappa shape index (κ3) is 4.74. The number of hydrogen-bond acceptors (Lipinski definition) is 4. The Labute approximate surface area is 156 Å². The van der Waals surface area contributed by atoms with Gasteiger partial charge in [-0.15, -0.1) is 0 Å². The average molecular weight is 369 g/mol. The van der Waals surface area contributed by atoms with E-state index in [-0.39, 0.29) is 24.4 Å². The highest BCUT2D eigenvalue weighted by Gasteiger charge is 2.23. The number of benzene rings is 2. The molecular weight excluding hydrogens is 352 g/mol. The van der Waals surface area contributed by atoms with Crippen molar-refractivity contribution >= 4 is 34.8 Å². The molecule has 0 radical (unpaired) electrons. The zero-order valence-corrected chi connectivity index (χ0v) is 14.6. The Morgan fingerprint density at radius 3 is 2.69 bits per heavy atom. The first-order valence-electron chi connectivity index (χ1n) is 8.19. The van der Waals surface area contributed by atoms with E-state index in [0.717, 1.165) is 12.8 Å². The van der Waals surface area contributed by atoms with Gasteiger partial charge >= 0.3 is 0 Å². The molecule has 0 atom stereocenters. The van der Waals surface area contributed by atoms with Gasteiger partial charge in [-0.1, -0.05) is 17.7 Å². The third-order valence-corrected chi connectivity index (χ3v) is 4.19. The molecule has 1 saturated carbocycles. The van der Waals surface area contributed by atoms with Crippen LogP contribution in [0, 0.1) is 11.3 Å². The van der Waals surface area contributed by atoms with Crippen molar-refractivity contribution in [3.8, 4) is 6.07 Å². The van der Waals surface area contributed by atoms with Gasteiger partial charge in [-0.2, -0.15) is 5.26 Å². The first kappa shape index (κ1) is 17.8. The number of carbonyl (C=O) groups is 2. The smallest absolute Gasteiger partial charge is 0.251 e. The summed E-state index contributed by atoms with van der Waals surface area (Å²) in [6.07, 6.45) is 2.04. The lowest BCUT2D eigenvalue weighted by Gasteiger charge is -2.10. The molecule has 1 aliphatic carbocycles. The second-order valence-electron chi connectivity index (χ2n) is 6.04. The van der Waals surface area contributed by atoms with Crippen molar-refractivity contribution in [2.24, 2.45) is 0 Å². The Kier molecular flexibility index (Phi) is 5.40. The van der Waals surface area contributed by atoms with Crippen LogP contribution < -0.4 is 16.0 Å². The van der Waals surface area contributed by atoms with E-state index in [2.05, 4.69) is 16.0 Å². The van der Waals surface area contributed by atoms with Gasteiger partial charge in [-0.05, 0) is 49.2 Å². The van der Waals surface area contributed by atoms with E-state index in [1.54, 1.807) is 42.5 Å². The molecule has 3 rings (SSSR count). The molecule has 0 spiro atoms. The fraction of sp³-hybridized carbons (Fsp3) is 0.211. The SMILES string of the molecule is N#Cc1cc(NCC(=O)Nc2cccc(C(=O)NC3CC3)c2)ccc1Cl. The van der Waals surface area contributed by atoms with Crippen LogP contribution in [0.15, 0.2) is 42.5 Å². The lowest BCUT2D eigenvalue weighted by Crippen LogP contribution is -2.26. The molecule has 2 aromatic carbocycles. The molecule has 0 unspecified atom stereocenters. The minimum atomic E-state index is -0.266. The van der Waals surface area contributed by atoms with Gasteiger partial charge in [-0.3, -0.25) is 9.59 Å². The summed E-state index contributed by atoms with van der Waals surface area (Å²) in [6.45, 7) is 0.0188. The second-order valence-corrected chi connectivity index (χ2v) is 6.44. The van der Waals surface area contributed by atoms with Gasteiger partial charge in [-0.25, -0.2) is 0 Å². The molecule has 6 nitrogen and oxygen atoms in total. The highest BCUT2D eigenvalue weighted by atomic mass is 35.5. The van der Waals surface area contributed by atoms with Gasteiger partial charge in [0, 0.05) is 23.0 Å². The number of nitrogens with zero attached hydrogens (tertiary/aromatic N) is 1. The minimum Gasteiger partial charge on any atom is -0.376 e. The Morgan fingerprint density at radius 1 is 1.15 bits per heavy atom. The van der Waals surface area contributed by atoms with E-state index in [0.29, 0.717) is 27.5 Å². The van der Waals surface area contributed by atoms with Crippen molar-refractivity contribution in [1.29, 1.82) is 5.26 Å². The molecule has 1 fully saturated rings. The topological polar surface area (TPSA) is 94.0 Å². The van der Waals surface area contributed by atoms with Crippen LogP contribution >= 0.6 is 11.6 Å². The quantitative estimate of drug-likeness (QED) is 0.730. The first-order chi connectivity index (χ1) is 12.5. The first-order valence-corrected chi connectivity index (χ1v) is 8.57. The fourth-order valence-electron chi connectivity index (χ4n) is 2.34. The zero-order valence-electron chi connectivity index (χ0n) is 13.9. The minimum absolute atomic E-state index is 0.0188. The van der Waals surface area contributed by atoms with E-state index < -0.39 is 0 Å². The van der Waals surface area contributed by atoms with E-state index in [1.807, 2.05) is 6.07 Å². The van der Waals surface area contributed by atoms with Gasteiger partial charge in [0.1, 0.15) is 6.07 Å². The Bertz CT molecular complexity index is 887. The standard InChI is InChI=1S/C19H17ClN4O2/c20-17-7-6-15(9-13(17)10-21)22-11-18(25)23-16-3-1-2-12(8-16)19(26)24-14-4-5-14/h1-3,6-9,14,22H,4-5,11H2,(H,23,25)(H,24,26). The summed E-state index contributed by atoms with van der Waals surface area (Å²) in [6, 6.07) is 13.9. The van der Waals surface area contributed by atoms with Crippen molar-refractivity contribution in [1.82, 2.24) is 5.32 Å². The number of halogens is 1. The number of hydrogen-bond donors (Lipinski definition) is 3. The average Bonchev–Trinajstić information content (AvgIpc) is 3.45. The Morgan fingerprint density at radius 2 is 1.96 bits per heavy atom. The monoisotopic (exact) mass is 368 g/mol. The Balaban J connectivity index is 1.56. The van der Waals surface area contributed by atoms with Crippen LogP contribution in [-0.4, -0.2) is 24.4 Å². The van der Waals surface area contributed by atoms with Crippen LogP contribution in [0.1, 0.15) is 28.8 Å². The molecule has 0 aliphatic heterocycles. The van der Waals surface area contributed by atoms with E-state index in [9.17, 15) is 9.59 Å². The van der Waals surface area contributed by atoms with Crippen LogP contribution in [0.5, 0.6) is 0 Å². The van der Waals surface area contributed by atoms with Gasteiger partial charge in [0.15, 0.2) is 0 Å². The van der Waals surface area contributed by atoms with Crippen LogP contribution in [-0.2, 0) is 4.79 Å². The molecule has 7 heteroatoms. The maximum atomic E-state index is 12.1. The van der Waals surface area contributed by atoms with Crippen molar-refractivity contribution < 1.29 is 9.59 Å². The number of rotatable bonds is 6. The van der Waals surface area contributed by atoms with Crippen LogP contribution in [0.4, 0.5) is 11.4 Å². The maximum Gasteiger partial charge on any atom is 0.251 e. The number of anilines is 2. The summed E-state index contributed by atoms with van der Waals surface area (Å²) in [5.74, 6) is -0.398. The van der Waals surface area contributed by atoms with Crippen molar-refractivity contribution in [3.63, 3.8) is 0 Å². The van der Waals surface area contributed by atoms with Crippen LogP contribution in [0.2, 0.25) is 5.02 Å². The predicted molar refractivity (Wildman–Crippen MR) is 100 cm³/mol. The summed E-state index contributed by atoms with van der Waals surface area (Å²) in [5, 5.41) is 17.9. The molecular formula is C19H17ClN4O2. The van der Waals surface area contributed by atoms with E-state index >= 15 is 0 Å². The summed E-state index contributed by atoms with van der Waals surface area (Å²) >= 11 is 5.88. The van der Waals surface area contributed by atoms with Crippen LogP contribution in [0.3, 0.4) is 0 Å². The molecule has 3 N–H and O–H groups in total. The maximum absolute atomic E-state index is 12.1. The summed E-state index contributed by atoms with van der Waals surface area (Å²) in [4.78, 5) is 24.2. The number of carbonyl (C=O) groups excluding carboxylic acids is 2. The molecule has 2 aromatic rings. The molecule has 2 amide bonds. The molecule has 26 heavy (non-hydrogen) atoms. The van der Waals surface area contributed by atoms with Crippen molar-refractivity contribution in [2.75, 3.05) is 17.2 Å². The van der Waals surface area contributed by atoms with Gasteiger partial charge in [0.25, 0.3) is 5.91 Å². The summed E-state index contributed by atoms with van der Waals surface area (Å²) in [5.41, 5.74) is 2.03. The molecule has 0 aromatic heterocycles. The third-order valence-electron chi connectivity index (χ3n) is 3.86. The number of amides is 2. The highest BCUT2D eigenvalue weighted by Crippen LogP contribution is 2.21. The second kappa shape index (κ2) is 7.89. The van der Waals surface area contributed by atoms with Crippen molar-refractivity contribution in [3.05, 3.63) is 58.6 Å². The summed E-state index contributed by atoms with van der Waals surface area (Å²) < 4.78 is 0. The largest absolute Gasteiger partial charge is 0.376 e. The summed E-state index contributed by atoms with van der Waals surface area (Å²) in [7, 11) is 0.